The summed E-state index contributed by atoms with van der Waals surface area (Å²) in [5, 5.41) is 2.90. The number of hydrogen-bond donors (Lipinski definition) is 1. The maximum absolute atomic E-state index is 13.2. The summed E-state index contributed by atoms with van der Waals surface area (Å²) in [6, 6.07) is 12.9. The van der Waals surface area contributed by atoms with Crippen molar-refractivity contribution < 1.29 is 19.1 Å². The van der Waals surface area contributed by atoms with E-state index in [9.17, 15) is 9.59 Å². The highest BCUT2D eigenvalue weighted by Gasteiger charge is 2.54. The third kappa shape index (κ3) is 2.91. The molecular formula is C21H22N2O4. The average Bonchev–Trinajstić information content (AvgIpc) is 2.89. The van der Waals surface area contributed by atoms with Crippen LogP contribution in [0, 0.1) is 13.8 Å². The number of urea groups is 1. The molecule has 2 aromatic rings. The normalized spacial score (nSPS) is 21.0. The first-order valence-corrected chi connectivity index (χ1v) is 9.08. The molecule has 27 heavy (non-hydrogen) atoms. The second-order valence-electron chi connectivity index (χ2n) is 7.00. The number of nitrogens with zero attached hydrogens (tertiary/aromatic N) is 1. The van der Waals surface area contributed by atoms with Crippen LogP contribution in [-0.2, 0) is 10.3 Å². The van der Waals surface area contributed by atoms with E-state index in [0.29, 0.717) is 24.3 Å². The molecule has 4 rings (SSSR count). The van der Waals surface area contributed by atoms with Crippen molar-refractivity contribution in [2.45, 2.75) is 25.8 Å². The Morgan fingerprint density at radius 2 is 2.00 bits per heavy atom. The van der Waals surface area contributed by atoms with Crippen molar-refractivity contribution in [3.05, 3.63) is 59.2 Å². The standard InChI is InChI=1S/C21H22N2O4/c1-14-7-8-15(2)18(13-14)27-12-10-23-19(24)21(22-20(23)25)9-11-26-17-6-4-3-5-16(17)21/h3-8,13H,9-12H2,1-2H3,(H,22,25). The van der Waals surface area contributed by atoms with E-state index < -0.39 is 5.54 Å². The number of nitrogens with one attached hydrogen (secondary N) is 1. The summed E-state index contributed by atoms with van der Waals surface area (Å²) in [5.74, 6) is 1.17. The molecule has 1 unspecified atom stereocenters. The summed E-state index contributed by atoms with van der Waals surface area (Å²) in [5.41, 5.74) is 1.80. The lowest BCUT2D eigenvalue weighted by atomic mass is 9.84. The zero-order chi connectivity index (χ0) is 19.0. The highest BCUT2D eigenvalue weighted by atomic mass is 16.5. The van der Waals surface area contributed by atoms with E-state index in [1.54, 1.807) is 0 Å². The molecule has 0 radical (unpaired) electrons. The van der Waals surface area contributed by atoms with Crippen molar-refractivity contribution in [2.24, 2.45) is 0 Å². The number of rotatable bonds is 4. The van der Waals surface area contributed by atoms with E-state index in [-0.39, 0.29) is 25.1 Å². The molecule has 2 aliphatic heterocycles. The molecule has 0 aromatic heterocycles. The summed E-state index contributed by atoms with van der Waals surface area (Å²) in [6.45, 7) is 4.79. The van der Waals surface area contributed by atoms with Crippen LogP contribution in [0.4, 0.5) is 4.79 Å². The van der Waals surface area contributed by atoms with Crippen molar-refractivity contribution in [3.8, 4) is 11.5 Å². The van der Waals surface area contributed by atoms with Crippen LogP contribution in [0.25, 0.3) is 0 Å². The molecule has 1 N–H and O–H groups in total. The third-order valence-corrected chi connectivity index (χ3v) is 5.17. The molecule has 0 saturated carbocycles. The lowest BCUT2D eigenvalue weighted by Crippen LogP contribution is -2.47. The largest absolute Gasteiger partial charge is 0.493 e. The van der Waals surface area contributed by atoms with Crippen LogP contribution in [-0.4, -0.2) is 36.6 Å². The highest BCUT2D eigenvalue weighted by molar-refractivity contribution is 6.08. The van der Waals surface area contributed by atoms with Gasteiger partial charge in [-0.1, -0.05) is 30.3 Å². The number of hydrogen-bond acceptors (Lipinski definition) is 4. The van der Waals surface area contributed by atoms with Gasteiger partial charge in [0.2, 0.25) is 0 Å². The molecule has 2 heterocycles. The topological polar surface area (TPSA) is 67.9 Å². The van der Waals surface area contributed by atoms with Crippen LogP contribution in [0.1, 0.15) is 23.1 Å². The number of aryl methyl sites for hydroxylation is 2. The Morgan fingerprint density at radius 3 is 2.85 bits per heavy atom. The summed E-state index contributed by atoms with van der Waals surface area (Å²) in [4.78, 5) is 26.9. The summed E-state index contributed by atoms with van der Waals surface area (Å²) >= 11 is 0. The maximum atomic E-state index is 13.2. The maximum Gasteiger partial charge on any atom is 0.325 e. The van der Waals surface area contributed by atoms with Crippen molar-refractivity contribution in [1.29, 1.82) is 0 Å². The molecule has 1 spiro atoms. The number of imide groups is 1. The van der Waals surface area contributed by atoms with Gasteiger partial charge in [-0.05, 0) is 37.1 Å². The van der Waals surface area contributed by atoms with Crippen LogP contribution >= 0.6 is 0 Å². The van der Waals surface area contributed by atoms with Gasteiger partial charge < -0.3 is 14.8 Å². The predicted molar refractivity (Wildman–Crippen MR) is 99.9 cm³/mol. The summed E-state index contributed by atoms with van der Waals surface area (Å²) in [6.07, 6.45) is 0.420. The number of benzene rings is 2. The van der Waals surface area contributed by atoms with Gasteiger partial charge in [0.25, 0.3) is 5.91 Å². The Morgan fingerprint density at radius 1 is 1.19 bits per heavy atom. The van der Waals surface area contributed by atoms with E-state index in [2.05, 4.69) is 5.32 Å². The number of para-hydroxylation sites is 1. The molecule has 0 aliphatic carbocycles. The fourth-order valence-corrected chi connectivity index (χ4v) is 3.68. The van der Waals surface area contributed by atoms with Gasteiger partial charge in [-0.3, -0.25) is 9.69 Å². The SMILES string of the molecule is Cc1ccc(C)c(OCCN2C(=O)NC3(CCOc4ccccc43)C2=O)c1. The van der Waals surface area contributed by atoms with E-state index in [0.717, 1.165) is 16.9 Å². The van der Waals surface area contributed by atoms with Gasteiger partial charge >= 0.3 is 6.03 Å². The lowest BCUT2D eigenvalue weighted by molar-refractivity contribution is -0.132. The monoisotopic (exact) mass is 366 g/mol. The number of fused-ring (bicyclic) bond motifs is 2. The fraction of sp³-hybridized carbons (Fsp3) is 0.333. The van der Waals surface area contributed by atoms with Crippen LogP contribution in [0.5, 0.6) is 11.5 Å². The van der Waals surface area contributed by atoms with Gasteiger partial charge in [0.1, 0.15) is 18.1 Å². The number of carbonyl (C=O) groups excluding carboxylic acids is 2. The molecular weight excluding hydrogens is 344 g/mol. The third-order valence-electron chi connectivity index (χ3n) is 5.17. The lowest BCUT2D eigenvalue weighted by Gasteiger charge is -2.33. The molecule has 1 saturated heterocycles. The van der Waals surface area contributed by atoms with E-state index in [4.69, 9.17) is 9.47 Å². The first kappa shape index (κ1) is 17.4. The van der Waals surface area contributed by atoms with Gasteiger partial charge in [0.05, 0.1) is 13.2 Å². The quantitative estimate of drug-likeness (QED) is 0.845. The van der Waals surface area contributed by atoms with Crippen LogP contribution in [0.3, 0.4) is 0 Å². The Labute approximate surface area is 158 Å². The van der Waals surface area contributed by atoms with Crippen molar-refractivity contribution in [2.75, 3.05) is 19.8 Å². The van der Waals surface area contributed by atoms with Crippen molar-refractivity contribution in [3.63, 3.8) is 0 Å². The minimum absolute atomic E-state index is 0.197. The van der Waals surface area contributed by atoms with Gasteiger partial charge in [-0.2, -0.15) is 0 Å². The van der Waals surface area contributed by atoms with Gasteiger partial charge in [0, 0.05) is 12.0 Å². The highest BCUT2D eigenvalue weighted by Crippen LogP contribution is 2.40. The van der Waals surface area contributed by atoms with E-state index in [1.807, 2.05) is 56.3 Å². The van der Waals surface area contributed by atoms with Crippen LogP contribution in [0.15, 0.2) is 42.5 Å². The number of ether oxygens (including phenoxy) is 2. The van der Waals surface area contributed by atoms with Gasteiger partial charge in [0.15, 0.2) is 5.54 Å². The molecule has 6 heteroatoms. The van der Waals surface area contributed by atoms with E-state index in [1.165, 1.54) is 4.90 Å². The first-order chi connectivity index (χ1) is 13.0. The molecule has 6 nitrogen and oxygen atoms in total. The number of carbonyl (C=O) groups is 2. The smallest absolute Gasteiger partial charge is 0.325 e. The average molecular weight is 366 g/mol. The minimum atomic E-state index is -1.04. The molecule has 1 fully saturated rings. The molecule has 140 valence electrons. The fourth-order valence-electron chi connectivity index (χ4n) is 3.68. The molecule has 0 bridgehead atoms. The van der Waals surface area contributed by atoms with Crippen LogP contribution in [0.2, 0.25) is 0 Å². The van der Waals surface area contributed by atoms with Crippen molar-refractivity contribution in [1.82, 2.24) is 10.2 Å². The zero-order valence-electron chi connectivity index (χ0n) is 15.5. The zero-order valence-corrected chi connectivity index (χ0v) is 15.5. The predicted octanol–water partition coefficient (Wildman–Crippen LogP) is 2.91. The molecule has 1 atom stereocenters. The Balaban J connectivity index is 1.50. The minimum Gasteiger partial charge on any atom is -0.493 e. The first-order valence-electron chi connectivity index (χ1n) is 9.08. The molecule has 2 aliphatic rings. The second-order valence-corrected chi connectivity index (χ2v) is 7.00. The van der Waals surface area contributed by atoms with Crippen molar-refractivity contribution >= 4 is 11.9 Å². The Hall–Kier alpha value is -3.02. The molecule has 3 amide bonds. The van der Waals surface area contributed by atoms with Gasteiger partial charge in [-0.15, -0.1) is 0 Å². The number of amides is 3. The molecule has 2 aromatic carbocycles. The van der Waals surface area contributed by atoms with E-state index >= 15 is 0 Å². The Kier molecular flexibility index (Phi) is 4.26. The summed E-state index contributed by atoms with van der Waals surface area (Å²) in [7, 11) is 0. The van der Waals surface area contributed by atoms with Crippen LogP contribution < -0.4 is 14.8 Å². The second kappa shape index (κ2) is 6.61. The summed E-state index contributed by atoms with van der Waals surface area (Å²) < 4.78 is 11.5. The van der Waals surface area contributed by atoms with Gasteiger partial charge in [-0.25, -0.2) is 4.79 Å². The Bertz CT molecular complexity index is 911.